The molecule has 0 aliphatic carbocycles. The molecule has 1 aliphatic rings. The van der Waals surface area contributed by atoms with E-state index < -0.39 is 0 Å². The molecule has 1 aliphatic heterocycles. The summed E-state index contributed by atoms with van der Waals surface area (Å²) in [5.74, 6) is 1.82. The van der Waals surface area contributed by atoms with Crippen molar-refractivity contribution < 1.29 is 9.84 Å². The topological polar surface area (TPSA) is 48.8 Å². The lowest BCUT2D eigenvalue weighted by Crippen LogP contribution is -2.46. The Morgan fingerprint density at radius 2 is 1.96 bits per heavy atom. The van der Waals surface area contributed by atoms with Gasteiger partial charge in [0.25, 0.3) is 0 Å². The second-order valence-corrected chi connectivity index (χ2v) is 5.69. The van der Waals surface area contributed by atoms with Crippen LogP contribution in [-0.2, 0) is 6.54 Å². The van der Waals surface area contributed by atoms with E-state index >= 15 is 0 Å². The molecule has 0 spiro atoms. The second kappa shape index (κ2) is 7.33. The van der Waals surface area contributed by atoms with Crippen molar-refractivity contribution in [3.8, 4) is 11.5 Å². The van der Waals surface area contributed by atoms with Crippen molar-refractivity contribution in [3.05, 3.63) is 48.2 Å². The van der Waals surface area contributed by atoms with Crippen molar-refractivity contribution in [2.45, 2.75) is 13.5 Å². The maximum atomic E-state index is 9.78. The van der Waals surface area contributed by atoms with Crippen LogP contribution >= 0.6 is 0 Å². The maximum Gasteiger partial charge on any atom is 0.161 e. The molecule has 0 atom stereocenters. The van der Waals surface area contributed by atoms with Gasteiger partial charge in [0, 0.05) is 38.9 Å². The SMILES string of the molecule is CCOc1cc(CN2CCN(c3ccccn3)CC2)ccc1O. The smallest absolute Gasteiger partial charge is 0.161 e. The quantitative estimate of drug-likeness (QED) is 0.919. The Balaban J connectivity index is 1.57. The third kappa shape index (κ3) is 3.93. The van der Waals surface area contributed by atoms with Gasteiger partial charge in [-0.3, -0.25) is 4.90 Å². The Kier molecular flexibility index (Phi) is 4.98. The van der Waals surface area contributed by atoms with Gasteiger partial charge < -0.3 is 14.7 Å². The first kappa shape index (κ1) is 15.6. The Morgan fingerprint density at radius 1 is 1.13 bits per heavy atom. The maximum absolute atomic E-state index is 9.78. The van der Waals surface area contributed by atoms with Gasteiger partial charge in [-0.15, -0.1) is 0 Å². The number of ether oxygens (including phenoxy) is 1. The van der Waals surface area contributed by atoms with Crippen molar-refractivity contribution in [1.29, 1.82) is 0 Å². The van der Waals surface area contributed by atoms with Gasteiger partial charge in [0.1, 0.15) is 5.82 Å². The molecule has 2 aromatic rings. The minimum Gasteiger partial charge on any atom is -0.504 e. The largest absolute Gasteiger partial charge is 0.504 e. The molecule has 0 unspecified atom stereocenters. The Labute approximate surface area is 137 Å². The van der Waals surface area contributed by atoms with Crippen LogP contribution in [0.1, 0.15) is 12.5 Å². The number of benzene rings is 1. The molecule has 0 bridgehead atoms. The molecule has 0 radical (unpaired) electrons. The van der Waals surface area contributed by atoms with E-state index in [9.17, 15) is 5.11 Å². The minimum absolute atomic E-state index is 0.204. The van der Waals surface area contributed by atoms with Gasteiger partial charge >= 0.3 is 0 Å². The van der Waals surface area contributed by atoms with Crippen LogP contribution in [0.4, 0.5) is 5.82 Å². The summed E-state index contributed by atoms with van der Waals surface area (Å²) in [4.78, 5) is 9.15. The zero-order chi connectivity index (χ0) is 16.1. The standard InChI is InChI=1S/C18H23N3O2/c1-2-23-17-13-15(6-7-16(17)22)14-20-9-11-21(12-10-20)18-5-3-4-8-19-18/h3-8,13,22H,2,9-12,14H2,1H3. The Hall–Kier alpha value is -2.27. The van der Waals surface area contributed by atoms with Gasteiger partial charge in [-0.05, 0) is 36.8 Å². The van der Waals surface area contributed by atoms with Crippen LogP contribution in [0.5, 0.6) is 11.5 Å². The van der Waals surface area contributed by atoms with E-state index in [0.29, 0.717) is 12.4 Å². The summed E-state index contributed by atoms with van der Waals surface area (Å²) in [6.45, 7) is 7.31. The van der Waals surface area contributed by atoms with Crippen LogP contribution in [0.15, 0.2) is 42.6 Å². The predicted octanol–water partition coefficient (Wildman–Crippen LogP) is 2.51. The van der Waals surface area contributed by atoms with Gasteiger partial charge in [-0.25, -0.2) is 4.98 Å². The number of hydrogen-bond donors (Lipinski definition) is 1. The number of pyridine rings is 1. The monoisotopic (exact) mass is 313 g/mol. The van der Waals surface area contributed by atoms with Gasteiger partial charge in [0.05, 0.1) is 6.61 Å². The van der Waals surface area contributed by atoms with E-state index in [1.165, 1.54) is 0 Å². The molecule has 5 heteroatoms. The lowest BCUT2D eigenvalue weighted by atomic mass is 10.1. The van der Waals surface area contributed by atoms with Gasteiger partial charge in [-0.1, -0.05) is 12.1 Å². The lowest BCUT2D eigenvalue weighted by Gasteiger charge is -2.35. The molecule has 1 fully saturated rings. The number of nitrogens with zero attached hydrogens (tertiary/aromatic N) is 3. The van der Waals surface area contributed by atoms with Crippen molar-refractivity contribution >= 4 is 5.82 Å². The van der Waals surface area contributed by atoms with Gasteiger partial charge in [-0.2, -0.15) is 0 Å². The number of anilines is 1. The zero-order valence-electron chi connectivity index (χ0n) is 13.5. The Morgan fingerprint density at radius 3 is 2.65 bits per heavy atom. The number of phenols is 1. The number of piperazine rings is 1. The van der Waals surface area contributed by atoms with E-state index in [-0.39, 0.29) is 5.75 Å². The van der Waals surface area contributed by atoms with E-state index in [1.54, 1.807) is 6.07 Å². The molecular formula is C18H23N3O2. The third-order valence-electron chi connectivity index (χ3n) is 4.08. The molecule has 0 saturated carbocycles. The molecule has 1 saturated heterocycles. The molecule has 1 N–H and O–H groups in total. The highest BCUT2D eigenvalue weighted by molar-refractivity contribution is 5.42. The fraction of sp³-hybridized carbons (Fsp3) is 0.389. The average molecular weight is 313 g/mol. The van der Waals surface area contributed by atoms with Gasteiger partial charge in [0.15, 0.2) is 11.5 Å². The molecule has 5 nitrogen and oxygen atoms in total. The van der Waals surface area contributed by atoms with Crippen LogP contribution in [0, 0.1) is 0 Å². The lowest BCUT2D eigenvalue weighted by molar-refractivity contribution is 0.248. The molecule has 3 rings (SSSR count). The summed E-state index contributed by atoms with van der Waals surface area (Å²) in [6, 6.07) is 11.6. The van der Waals surface area contributed by atoms with E-state index in [1.807, 2.05) is 37.4 Å². The van der Waals surface area contributed by atoms with Crippen LogP contribution in [-0.4, -0.2) is 47.8 Å². The fourth-order valence-corrected chi connectivity index (χ4v) is 2.86. The molecular weight excluding hydrogens is 290 g/mol. The van der Waals surface area contributed by atoms with Crippen molar-refractivity contribution in [1.82, 2.24) is 9.88 Å². The summed E-state index contributed by atoms with van der Waals surface area (Å²) in [5, 5.41) is 9.78. The highest BCUT2D eigenvalue weighted by Crippen LogP contribution is 2.27. The van der Waals surface area contributed by atoms with Crippen molar-refractivity contribution in [2.75, 3.05) is 37.7 Å². The number of phenolic OH excluding ortho intramolecular Hbond substituents is 1. The molecule has 1 aromatic heterocycles. The zero-order valence-corrected chi connectivity index (χ0v) is 13.5. The number of aromatic nitrogens is 1. The van der Waals surface area contributed by atoms with E-state index in [4.69, 9.17) is 4.74 Å². The van der Waals surface area contributed by atoms with Crippen LogP contribution < -0.4 is 9.64 Å². The van der Waals surface area contributed by atoms with Crippen LogP contribution in [0.25, 0.3) is 0 Å². The molecule has 122 valence electrons. The van der Waals surface area contributed by atoms with Crippen LogP contribution in [0.3, 0.4) is 0 Å². The summed E-state index contributed by atoms with van der Waals surface area (Å²) in [6.07, 6.45) is 1.84. The third-order valence-corrected chi connectivity index (χ3v) is 4.08. The highest BCUT2D eigenvalue weighted by Gasteiger charge is 2.18. The summed E-state index contributed by atoms with van der Waals surface area (Å²) >= 11 is 0. The number of rotatable bonds is 5. The predicted molar refractivity (Wildman–Crippen MR) is 91.0 cm³/mol. The minimum atomic E-state index is 0.204. The van der Waals surface area contributed by atoms with E-state index in [0.717, 1.165) is 44.1 Å². The first-order valence-corrected chi connectivity index (χ1v) is 8.09. The highest BCUT2D eigenvalue weighted by atomic mass is 16.5. The summed E-state index contributed by atoms with van der Waals surface area (Å²) in [7, 11) is 0. The molecule has 0 amide bonds. The molecule has 23 heavy (non-hydrogen) atoms. The number of hydrogen-bond acceptors (Lipinski definition) is 5. The van der Waals surface area contributed by atoms with Crippen LogP contribution in [0.2, 0.25) is 0 Å². The first-order chi connectivity index (χ1) is 11.3. The fourth-order valence-electron chi connectivity index (χ4n) is 2.86. The van der Waals surface area contributed by atoms with Crippen molar-refractivity contribution in [3.63, 3.8) is 0 Å². The molecule has 2 heterocycles. The summed E-state index contributed by atoms with van der Waals surface area (Å²) < 4.78 is 5.46. The first-order valence-electron chi connectivity index (χ1n) is 8.09. The summed E-state index contributed by atoms with van der Waals surface area (Å²) in [5.41, 5.74) is 1.16. The average Bonchev–Trinajstić information content (AvgIpc) is 2.60. The van der Waals surface area contributed by atoms with Crippen molar-refractivity contribution in [2.24, 2.45) is 0 Å². The normalized spacial score (nSPS) is 15.6. The number of aromatic hydroxyl groups is 1. The van der Waals surface area contributed by atoms with Gasteiger partial charge in [0.2, 0.25) is 0 Å². The van der Waals surface area contributed by atoms with E-state index in [2.05, 4.69) is 20.9 Å². The second-order valence-electron chi connectivity index (χ2n) is 5.69. The molecule has 1 aromatic carbocycles. The Bertz CT molecular complexity index is 625.